The Morgan fingerprint density at radius 2 is 1.59 bits per heavy atom. The summed E-state index contributed by atoms with van der Waals surface area (Å²) in [6.45, 7) is 0.677. The lowest BCUT2D eigenvalue weighted by atomic mass is 9.92. The third-order valence-electron chi connectivity index (χ3n) is 2.95. The lowest BCUT2D eigenvalue weighted by Gasteiger charge is -2.15. The van der Waals surface area contributed by atoms with Crippen molar-refractivity contribution >= 4 is 15.9 Å². The number of hydrogen-bond acceptors (Lipinski definition) is 1. The van der Waals surface area contributed by atoms with E-state index in [2.05, 4.69) is 64.5 Å². The minimum atomic E-state index is 0.394. The van der Waals surface area contributed by atoms with E-state index in [4.69, 9.17) is 5.73 Å². The molecule has 0 spiro atoms. The molecule has 0 aliphatic carbocycles. The molecule has 2 aromatic carbocycles. The second kappa shape index (κ2) is 5.99. The number of hydrogen-bond donors (Lipinski definition) is 1. The Bertz CT molecular complexity index is 450. The van der Waals surface area contributed by atoms with E-state index in [1.807, 2.05) is 6.07 Å². The van der Waals surface area contributed by atoms with Gasteiger partial charge in [-0.15, -0.1) is 0 Å². The van der Waals surface area contributed by atoms with Crippen molar-refractivity contribution in [3.63, 3.8) is 0 Å². The molecule has 17 heavy (non-hydrogen) atoms. The first-order valence-electron chi connectivity index (χ1n) is 5.79. The maximum atomic E-state index is 5.88. The van der Waals surface area contributed by atoms with Crippen LogP contribution in [-0.2, 0) is 6.42 Å². The van der Waals surface area contributed by atoms with E-state index in [1.54, 1.807) is 0 Å². The highest BCUT2D eigenvalue weighted by Crippen LogP contribution is 2.21. The van der Waals surface area contributed by atoms with E-state index in [1.165, 1.54) is 11.1 Å². The number of rotatable bonds is 4. The normalized spacial score (nSPS) is 12.4. The molecule has 1 nitrogen and oxygen atoms in total. The maximum Gasteiger partial charge on any atom is 0.0175 e. The predicted octanol–water partition coefficient (Wildman–Crippen LogP) is 3.73. The molecule has 88 valence electrons. The summed E-state index contributed by atoms with van der Waals surface area (Å²) in [4.78, 5) is 0. The largest absolute Gasteiger partial charge is 0.330 e. The Hall–Kier alpha value is -1.12. The zero-order valence-electron chi connectivity index (χ0n) is 9.64. The summed E-state index contributed by atoms with van der Waals surface area (Å²) in [5.74, 6) is 0.394. The monoisotopic (exact) mass is 289 g/mol. The number of benzene rings is 2. The molecule has 1 unspecified atom stereocenters. The molecule has 2 heteroatoms. The first-order valence-corrected chi connectivity index (χ1v) is 6.58. The first kappa shape index (κ1) is 12.3. The van der Waals surface area contributed by atoms with Gasteiger partial charge in [0.2, 0.25) is 0 Å². The summed E-state index contributed by atoms with van der Waals surface area (Å²) >= 11 is 3.45. The van der Waals surface area contributed by atoms with Crippen LogP contribution in [-0.4, -0.2) is 6.54 Å². The van der Waals surface area contributed by atoms with Gasteiger partial charge >= 0.3 is 0 Å². The Morgan fingerprint density at radius 3 is 2.18 bits per heavy atom. The Morgan fingerprint density at radius 1 is 0.941 bits per heavy atom. The molecule has 0 saturated heterocycles. The summed E-state index contributed by atoms with van der Waals surface area (Å²) in [7, 11) is 0. The van der Waals surface area contributed by atoms with Crippen LogP contribution in [0.1, 0.15) is 17.0 Å². The smallest absolute Gasteiger partial charge is 0.0175 e. The molecule has 0 bridgehead atoms. The molecule has 0 aliphatic rings. The molecule has 0 aliphatic heterocycles. The van der Waals surface area contributed by atoms with Gasteiger partial charge in [0, 0.05) is 10.4 Å². The molecule has 0 radical (unpaired) electrons. The lowest BCUT2D eigenvalue weighted by molar-refractivity contribution is 0.694. The third kappa shape index (κ3) is 3.42. The van der Waals surface area contributed by atoms with Crippen molar-refractivity contribution in [1.29, 1.82) is 0 Å². The maximum absolute atomic E-state index is 5.88. The summed E-state index contributed by atoms with van der Waals surface area (Å²) in [6.07, 6.45) is 0.999. The fourth-order valence-corrected chi connectivity index (χ4v) is 2.24. The molecule has 0 fully saturated rings. The van der Waals surface area contributed by atoms with Gasteiger partial charge in [0.1, 0.15) is 0 Å². The second-order valence-corrected chi connectivity index (χ2v) is 5.09. The van der Waals surface area contributed by atoms with Crippen LogP contribution in [0.25, 0.3) is 0 Å². The molecule has 2 rings (SSSR count). The van der Waals surface area contributed by atoms with Gasteiger partial charge in [-0.3, -0.25) is 0 Å². The minimum absolute atomic E-state index is 0.394. The quantitative estimate of drug-likeness (QED) is 0.912. The second-order valence-electron chi connectivity index (χ2n) is 4.17. The van der Waals surface area contributed by atoms with Gasteiger partial charge in [-0.1, -0.05) is 58.4 Å². The van der Waals surface area contributed by atoms with Crippen LogP contribution in [0.5, 0.6) is 0 Å². The van der Waals surface area contributed by atoms with E-state index in [9.17, 15) is 0 Å². The van der Waals surface area contributed by atoms with Crippen molar-refractivity contribution in [1.82, 2.24) is 0 Å². The van der Waals surface area contributed by atoms with Crippen molar-refractivity contribution < 1.29 is 0 Å². The van der Waals surface area contributed by atoms with Gasteiger partial charge < -0.3 is 5.73 Å². The van der Waals surface area contributed by atoms with Crippen LogP contribution in [0.3, 0.4) is 0 Å². The van der Waals surface area contributed by atoms with Crippen LogP contribution < -0.4 is 5.73 Å². The standard InChI is InChI=1S/C15H16BrN/c16-15-8-6-13(7-9-15)14(11-17)10-12-4-2-1-3-5-12/h1-9,14H,10-11,17H2. The summed E-state index contributed by atoms with van der Waals surface area (Å²) in [6, 6.07) is 18.9. The Labute approximate surface area is 111 Å². The third-order valence-corrected chi connectivity index (χ3v) is 3.48. The van der Waals surface area contributed by atoms with E-state index < -0.39 is 0 Å². The highest BCUT2D eigenvalue weighted by atomic mass is 79.9. The predicted molar refractivity (Wildman–Crippen MR) is 76.1 cm³/mol. The molecule has 0 heterocycles. The molecular formula is C15H16BrN. The highest BCUT2D eigenvalue weighted by molar-refractivity contribution is 9.10. The van der Waals surface area contributed by atoms with Gasteiger partial charge in [0.05, 0.1) is 0 Å². The zero-order valence-corrected chi connectivity index (χ0v) is 11.2. The molecular weight excluding hydrogens is 274 g/mol. The molecule has 0 saturated carbocycles. The van der Waals surface area contributed by atoms with Crippen LogP contribution >= 0.6 is 15.9 Å². The Kier molecular flexibility index (Phi) is 4.35. The fourth-order valence-electron chi connectivity index (χ4n) is 1.97. The Balaban J connectivity index is 2.14. The SMILES string of the molecule is NCC(Cc1ccccc1)c1ccc(Br)cc1. The van der Waals surface area contributed by atoms with Crippen molar-refractivity contribution in [3.8, 4) is 0 Å². The minimum Gasteiger partial charge on any atom is -0.330 e. The van der Waals surface area contributed by atoms with Crippen LogP contribution in [0, 0.1) is 0 Å². The fraction of sp³-hybridized carbons (Fsp3) is 0.200. The van der Waals surface area contributed by atoms with E-state index >= 15 is 0 Å². The van der Waals surface area contributed by atoms with Crippen molar-refractivity contribution in [2.75, 3.05) is 6.54 Å². The van der Waals surface area contributed by atoms with E-state index in [0.29, 0.717) is 12.5 Å². The molecule has 2 N–H and O–H groups in total. The summed E-state index contributed by atoms with van der Waals surface area (Å²) in [5.41, 5.74) is 8.52. The van der Waals surface area contributed by atoms with Gasteiger partial charge in [-0.2, -0.15) is 0 Å². The van der Waals surface area contributed by atoms with Crippen LogP contribution in [0.15, 0.2) is 59.1 Å². The van der Waals surface area contributed by atoms with E-state index in [0.717, 1.165) is 10.9 Å². The molecule has 0 aromatic heterocycles. The summed E-state index contributed by atoms with van der Waals surface area (Å²) in [5, 5.41) is 0. The van der Waals surface area contributed by atoms with Crippen molar-refractivity contribution in [2.45, 2.75) is 12.3 Å². The summed E-state index contributed by atoms with van der Waals surface area (Å²) < 4.78 is 1.11. The van der Waals surface area contributed by atoms with Crippen LogP contribution in [0.4, 0.5) is 0 Å². The van der Waals surface area contributed by atoms with Gasteiger partial charge in [-0.05, 0) is 36.2 Å². The topological polar surface area (TPSA) is 26.0 Å². The molecule has 0 amide bonds. The molecule has 2 aromatic rings. The van der Waals surface area contributed by atoms with Crippen molar-refractivity contribution in [3.05, 3.63) is 70.2 Å². The average Bonchev–Trinajstić information content (AvgIpc) is 2.38. The highest BCUT2D eigenvalue weighted by Gasteiger charge is 2.10. The zero-order chi connectivity index (χ0) is 12.1. The molecule has 1 atom stereocenters. The average molecular weight is 290 g/mol. The first-order chi connectivity index (χ1) is 8.29. The van der Waals surface area contributed by atoms with Gasteiger partial charge in [-0.25, -0.2) is 0 Å². The lowest BCUT2D eigenvalue weighted by Crippen LogP contribution is -2.14. The van der Waals surface area contributed by atoms with Gasteiger partial charge in [0.15, 0.2) is 0 Å². The van der Waals surface area contributed by atoms with E-state index in [-0.39, 0.29) is 0 Å². The number of nitrogens with two attached hydrogens (primary N) is 1. The number of halogens is 1. The van der Waals surface area contributed by atoms with Gasteiger partial charge in [0.25, 0.3) is 0 Å². The van der Waals surface area contributed by atoms with Crippen LogP contribution in [0.2, 0.25) is 0 Å². The van der Waals surface area contributed by atoms with Crippen molar-refractivity contribution in [2.24, 2.45) is 5.73 Å².